The van der Waals surface area contributed by atoms with Crippen LogP contribution in [0, 0.1) is 17.7 Å². The number of hydrogen-bond acceptors (Lipinski definition) is 3. The number of halogens is 1. The van der Waals surface area contributed by atoms with Gasteiger partial charge in [0.1, 0.15) is 5.82 Å². The van der Waals surface area contributed by atoms with Crippen LogP contribution >= 0.6 is 0 Å². The Bertz CT molecular complexity index is 751. The first-order valence-electron chi connectivity index (χ1n) is 12.2. The molecule has 0 radical (unpaired) electrons. The van der Waals surface area contributed by atoms with Crippen LogP contribution < -0.4 is 5.32 Å². The van der Waals surface area contributed by atoms with Crippen molar-refractivity contribution in [1.29, 1.82) is 0 Å². The van der Waals surface area contributed by atoms with Crippen LogP contribution in [0.15, 0.2) is 24.3 Å². The number of hydrogen-bond donors (Lipinski definition) is 1. The Morgan fingerprint density at radius 2 is 1.58 bits per heavy atom. The highest BCUT2D eigenvalue weighted by Crippen LogP contribution is 2.31. The Morgan fingerprint density at radius 3 is 2.26 bits per heavy atom. The molecule has 1 aliphatic heterocycles. The fraction of sp³-hybridized carbons (Fsp3) is 0.680. The molecule has 31 heavy (non-hydrogen) atoms. The van der Waals surface area contributed by atoms with Crippen molar-refractivity contribution >= 4 is 11.8 Å². The standard InChI is InChI=1S/C25H36FN3O2/c26-22-13-7-6-12-21(22)25(31)29-16-14-28(15-17-29)23(20-10-4-5-11-20)24(30)27-18-19-8-2-1-3-9-19/h6-7,12-13,19-20,23H,1-5,8-11,14-18H2,(H,27,30)/t23-/m0/s1. The lowest BCUT2D eigenvalue weighted by Gasteiger charge is -2.41. The smallest absolute Gasteiger partial charge is 0.256 e. The van der Waals surface area contributed by atoms with Crippen LogP contribution in [0.2, 0.25) is 0 Å². The molecule has 6 heteroatoms. The van der Waals surface area contributed by atoms with Crippen molar-refractivity contribution in [2.45, 2.75) is 63.8 Å². The maximum absolute atomic E-state index is 14.0. The Morgan fingerprint density at radius 1 is 0.935 bits per heavy atom. The molecular formula is C25H36FN3O2. The van der Waals surface area contributed by atoms with Crippen LogP contribution in [0.25, 0.3) is 0 Å². The van der Waals surface area contributed by atoms with E-state index in [2.05, 4.69) is 10.2 Å². The molecule has 2 saturated carbocycles. The Hall–Kier alpha value is -1.95. The number of carbonyl (C=O) groups is 2. The average molecular weight is 430 g/mol. The molecule has 1 N–H and O–H groups in total. The molecular weight excluding hydrogens is 393 g/mol. The zero-order chi connectivity index (χ0) is 21.6. The highest BCUT2D eigenvalue weighted by Gasteiger charge is 2.37. The van der Waals surface area contributed by atoms with E-state index in [0.717, 1.165) is 19.4 Å². The summed E-state index contributed by atoms with van der Waals surface area (Å²) in [6.07, 6.45) is 11.0. The summed E-state index contributed by atoms with van der Waals surface area (Å²) in [5.74, 6) is 0.474. The molecule has 0 aromatic heterocycles. The van der Waals surface area contributed by atoms with E-state index in [1.54, 1.807) is 23.1 Å². The molecule has 0 unspecified atom stereocenters. The summed E-state index contributed by atoms with van der Waals surface area (Å²) >= 11 is 0. The van der Waals surface area contributed by atoms with E-state index in [1.165, 1.54) is 51.0 Å². The number of nitrogens with one attached hydrogen (secondary N) is 1. The topological polar surface area (TPSA) is 52.7 Å². The van der Waals surface area contributed by atoms with Gasteiger partial charge in [0.05, 0.1) is 11.6 Å². The lowest BCUT2D eigenvalue weighted by atomic mass is 9.89. The maximum Gasteiger partial charge on any atom is 0.256 e. The van der Waals surface area contributed by atoms with Crippen molar-refractivity contribution < 1.29 is 14.0 Å². The fourth-order valence-electron chi connectivity index (χ4n) is 5.70. The molecule has 5 nitrogen and oxygen atoms in total. The Kier molecular flexibility index (Phi) is 7.59. The first kappa shape index (κ1) is 22.3. The number of nitrogens with zero attached hydrogens (tertiary/aromatic N) is 2. The van der Waals surface area contributed by atoms with Gasteiger partial charge in [0.2, 0.25) is 5.91 Å². The molecule has 2 amide bonds. The quantitative estimate of drug-likeness (QED) is 0.748. The lowest BCUT2D eigenvalue weighted by molar-refractivity contribution is -0.129. The van der Waals surface area contributed by atoms with Gasteiger partial charge in [-0.2, -0.15) is 0 Å². The first-order valence-corrected chi connectivity index (χ1v) is 12.2. The van der Waals surface area contributed by atoms with Gasteiger partial charge in [-0.25, -0.2) is 4.39 Å². The summed E-state index contributed by atoms with van der Waals surface area (Å²) in [6.45, 7) is 3.20. The van der Waals surface area contributed by atoms with E-state index in [-0.39, 0.29) is 23.4 Å². The third-order valence-electron chi connectivity index (χ3n) is 7.50. The van der Waals surface area contributed by atoms with E-state index in [4.69, 9.17) is 0 Å². The summed E-state index contributed by atoms with van der Waals surface area (Å²) in [4.78, 5) is 30.0. The fourth-order valence-corrected chi connectivity index (χ4v) is 5.70. The Balaban J connectivity index is 1.36. The van der Waals surface area contributed by atoms with E-state index >= 15 is 0 Å². The summed E-state index contributed by atoms with van der Waals surface area (Å²) in [5, 5.41) is 3.28. The van der Waals surface area contributed by atoms with Crippen LogP contribution in [0.4, 0.5) is 4.39 Å². The first-order chi connectivity index (χ1) is 15.1. The van der Waals surface area contributed by atoms with Gasteiger partial charge < -0.3 is 10.2 Å². The number of benzene rings is 1. The van der Waals surface area contributed by atoms with Gasteiger partial charge in [-0.3, -0.25) is 14.5 Å². The van der Waals surface area contributed by atoms with Gasteiger partial charge in [0.15, 0.2) is 0 Å². The molecule has 1 aromatic carbocycles. The van der Waals surface area contributed by atoms with Gasteiger partial charge in [-0.05, 0) is 49.7 Å². The minimum Gasteiger partial charge on any atom is -0.354 e. The number of amides is 2. The molecule has 0 spiro atoms. The van der Waals surface area contributed by atoms with Crippen molar-refractivity contribution in [1.82, 2.24) is 15.1 Å². The van der Waals surface area contributed by atoms with Crippen molar-refractivity contribution in [2.24, 2.45) is 11.8 Å². The third-order valence-corrected chi connectivity index (χ3v) is 7.50. The highest BCUT2D eigenvalue weighted by molar-refractivity contribution is 5.94. The molecule has 1 aromatic rings. The average Bonchev–Trinajstić information content (AvgIpc) is 3.33. The maximum atomic E-state index is 14.0. The van der Waals surface area contributed by atoms with Crippen LogP contribution in [0.3, 0.4) is 0 Å². The van der Waals surface area contributed by atoms with Gasteiger partial charge >= 0.3 is 0 Å². The normalized spacial score (nSPS) is 22.4. The van der Waals surface area contributed by atoms with E-state index in [9.17, 15) is 14.0 Å². The molecule has 1 heterocycles. The van der Waals surface area contributed by atoms with Gasteiger partial charge in [-0.15, -0.1) is 0 Å². The van der Waals surface area contributed by atoms with Crippen LogP contribution in [0.5, 0.6) is 0 Å². The van der Waals surface area contributed by atoms with E-state index in [1.807, 2.05) is 0 Å². The summed E-state index contributed by atoms with van der Waals surface area (Å²) in [6, 6.07) is 6.07. The minimum atomic E-state index is -0.471. The van der Waals surface area contributed by atoms with Crippen molar-refractivity contribution in [3.05, 3.63) is 35.6 Å². The molecule has 1 saturated heterocycles. The molecule has 2 aliphatic carbocycles. The van der Waals surface area contributed by atoms with Crippen molar-refractivity contribution in [3.8, 4) is 0 Å². The predicted molar refractivity (Wildman–Crippen MR) is 119 cm³/mol. The van der Waals surface area contributed by atoms with Gasteiger partial charge in [-0.1, -0.05) is 44.2 Å². The summed E-state index contributed by atoms with van der Waals surface area (Å²) < 4.78 is 14.0. The number of carbonyl (C=O) groups excluding carboxylic acids is 2. The van der Waals surface area contributed by atoms with E-state index < -0.39 is 5.82 Å². The second-order valence-electron chi connectivity index (χ2n) is 9.55. The minimum absolute atomic E-state index is 0.100. The SMILES string of the molecule is O=C(NCC1CCCCC1)[C@H](C1CCCC1)N1CCN(C(=O)c2ccccc2F)CC1. The molecule has 170 valence electrons. The van der Waals surface area contributed by atoms with Crippen molar-refractivity contribution in [2.75, 3.05) is 32.7 Å². The van der Waals surface area contributed by atoms with Crippen molar-refractivity contribution in [3.63, 3.8) is 0 Å². The van der Waals surface area contributed by atoms with Crippen LogP contribution in [0.1, 0.15) is 68.1 Å². The molecule has 3 aliphatic rings. The molecule has 4 rings (SSSR count). The highest BCUT2D eigenvalue weighted by atomic mass is 19.1. The molecule has 1 atom stereocenters. The second-order valence-corrected chi connectivity index (χ2v) is 9.55. The van der Waals surface area contributed by atoms with Crippen LogP contribution in [-0.4, -0.2) is 60.4 Å². The zero-order valence-electron chi connectivity index (χ0n) is 18.5. The largest absolute Gasteiger partial charge is 0.354 e. The summed E-state index contributed by atoms with van der Waals surface area (Å²) in [5.41, 5.74) is 0.133. The second kappa shape index (κ2) is 10.6. The van der Waals surface area contributed by atoms with Crippen LogP contribution in [-0.2, 0) is 4.79 Å². The monoisotopic (exact) mass is 429 g/mol. The van der Waals surface area contributed by atoms with Gasteiger partial charge in [0.25, 0.3) is 5.91 Å². The Labute approximate surface area is 185 Å². The summed E-state index contributed by atoms with van der Waals surface area (Å²) in [7, 11) is 0. The zero-order valence-corrected chi connectivity index (χ0v) is 18.5. The lowest BCUT2D eigenvalue weighted by Crippen LogP contribution is -2.58. The third kappa shape index (κ3) is 5.46. The number of piperazine rings is 1. The molecule has 0 bridgehead atoms. The number of rotatable bonds is 6. The molecule has 3 fully saturated rings. The predicted octanol–water partition coefficient (Wildman–Crippen LogP) is 3.84. The van der Waals surface area contributed by atoms with Gasteiger partial charge in [0, 0.05) is 32.7 Å². The van der Waals surface area contributed by atoms with E-state index in [0.29, 0.717) is 38.0 Å².